The van der Waals surface area contributed by atoms with Crippen LogP contribution >= 0.6 is 0 Å². The first-order valence-electron chi connectivity index (χ1n) is 6.28. The molecule has 0 aliphatic heterocycles. The van der Waals surface area contributed by atoms with Gasteiger partial charge < -0.3 is 9.84 Å². The van der Waals surface area contributed by atoms with Crippen molar-refractivity contribution < 1.29 is 14.6 Å². The summed E-state index contributed by atoms with van der Waals surface area (Å²) in [7, 11) is 0. The third-order valence-corrected chi connectivity index (χ3v) is 3.14. The highest BCUT2D eigenvalue weighted by Gasteiger charge is 2.22. The Morgan fingerprint density at radius 1 is 1.38 bits per heavy atom. The zero-order valence-corrected chi connectivity index (χ0v) is 10.2. The monoisotopic (exact) mass is 229 g/mol. The van der Waals surface area contributed by atoms with E-state index in [0.717, 1.165) is 0 Å². The summed E-state index contributed by atoms with van der Waals surface area (Å²) in [5.41, 5.74) is 0. The number of hydrogen-bond acceptors (Lipinski definition) is 4. The van der Waals surface area contributed by atoms with E-state index in [1.807, 2.05) is 6.92 Å². The molecule has 0 atom stereocenters. The van der Waals surface area contributed by atoms with Crippen LogP contribution in [0.5, 0.6) is 0 Å². The van der Waals surface area contributed by atoms with Gasteiger partial charge >= 0.3 is 5.97 Å². The van der Waals surface area contributed by atoms with Gasteiger partial charge in [0.05, 0.1) is 19.6 Å². The molecule has 0 amide bonds. The van der Waals surface area contributed by atoms with Gasteiger partial charge in [-0.15, -0.1) is 0 Å². The Labute approximate surface area is 97.6 Å². The molecule has 0 aromatic carbocycles. The van der Waals surface area contributed by atoms with E-state index >= 15 is 0 Å². The zero-order valence-electron chi connectivity index (χ0n) is 10.2. The molecule has 0 aromatic rings. The van der Waals surface area contributed by atoms with E-state index in [-0.39, 0.29) is 12.6 Å². The Kier molecular flexibility index (Phi) is 6.42. The highest BCUT2D eigenvalue weighted by Crippen LogP contribution is 2.23. The van der Waals surface area contributed by atoms with Crippen molar-refractivity contribution in [2.75, 3.05) is 26.3 Å². The van der Waals surface area contributed by atoms with Crippen LogP contribution in [0.2, 0.25) is 0 Å². The van der Waals surface area contributed by atoms with Crippen LogP contribution in [0.25, 0.3) is 0 Å². The van der Waals surface area contributed by atoms with Gasteiger partial charge in [-0.1, -0.05) is 12.8 Å². The highest BCUT2D eigenvalue weighted by molar-refractivity contribution is 5.69. The Bertz CT molecular complexity index is 202. The number of nitrogens with zero attached hydrogens (tertiary/aromatic N) is 1. The SMILES string of the molecule is CCOC(=O)CCN(CCO)C1CCCC1. The quantitative estimate of drug-likeness (QED) is 0.666. The molecule has 0 spiro atoms. The summed E-state index contributed by atoms with van der Waals surface area (Å²) in [4.78, 5) is 13.5. The molecular formula is C12H23NO3. The Balaban J connectivity index is 2.29. The number of rotatable bonds is 7. The minimum atomic E-state index is -0.136. The first kappa shape index (κ1) is 13.5. The second-order valence-corrected chi connectivity index (χ2v) is 4.25. The van der Waals surface area contributed by atoms with Crippen molar-refractivity contribution in [3.05, 3.63) is 0 Å². The molecule has 0 bridgehead atoms. The van der Waals surface area contributed by atoms with Gasteiger partial charge in [-0.25, -0.2) is 0 Å². The van der Waals surface area contributed by atoms with Gasteiger partial charge in [0, 0.05) is 19.1 Å². The van der Waals surface area contributed by atoms with E-state index in [2.05, 4.69) is 4.90 Å². The van der Waals surface area contributed by atoms with Crippen LogP contribution in [0.4, 0.5) is 0 Å². The van der Waals surface area contributed by atoms with Gasteiger partial charge in [0.1, 0.15) is 0 Å². The van der Waals surface area contributed by atoms with Crippen molar-refractivity contribution in [3.63, 3.8) is 0 Å². The average molecular weight is 229 g/mol. The number of aliphatic hydroxyl groups excluding tert-OH is 1. The normalized spacial score (nSPS) is 16.9. The number of carbonyl (C=O) groups excluding carboxylic acids is 1. The number of ether oxygens (including phenoxy) is 1. The lowest BCUT2D eigenvalue weighted by Crippen LogP contribution is -2.37. The van der Waals surface area contributed by atoms with Crippen molar-refractivity contribution >= 4 is 5.97 Å². The Morgan fingerprint density at radius 3 is 2.62 bits per heavy atom. The minimum absolute atomic E-state index is 0.136. The maximum absolute atomic E-state index is 11.3. The van der Waals surface area contributed by atoms with Gasteiger partial charge in [-0.2, -0.15) is 0 Å². The van der Waals surface area contributed by atoms with Crippen molar-refractivity contribution in [1.82, 2.24) is 4.90 Å². The summed E-state index contributed by atoms with van der Waals surface area (Å²) >= 11 is 0. The largest absolute Gasteiger partial charge is 0.466 e. The molecule has 1 rings (SSSR count). The lowest BCUT2D eigenvalue weighted by molar-refractivity contribution is -0.143. The van der Waals surface area contributed by atoms with E-state index < -0.39 is 0 Å². The maximum Gasteiger partial charge on any atom is 0.307 e. The molecule has 16 heavy (non-hydrogen) atoms. The summed E-state index contributed by atoms with van der Waals surface area (Å²) in [5.74, 6) is -0.136. The molecule has 0 saturated heterocycles. The fraction of sp³-hybridized carbons (Fsp3) is 0.917. The summed E-state index contributed by atoms with van der Waals surface area (Å²) in [5, 5.41) is 9.01. The molecule has 94 valence electrons. The summed E-state index contributed by atoms with van der Waals surface area (Å²) in [6, 6.07) is 0.557. The molecule has 1 aliphatic rings. The highest BCUT2D eigenvalue weighted by atomic mass is 16.5. The van der Waals surface area contributed by atoms with Crippen molar-refractivity contribution in [3.8, 4) is 0 Å². The van der Waals surface area contributed by atoms with Gasteiger partial charge in [0.15, 0.2) is 0 Å². The van der Waals surface area contributed by atoms with Crippen LogP contribution in [0.3, 0.4) is 0 Å². The van der Waals surface area contributed by atoms with Gasteiger partial charge in [-0.05, 0) is 19.8 Å². The van der Waals surface area contributed by atoms with Crippen molar-refractivity contribution in [2.45, 2.75) is 45.1 Å². The average Bonchev–Trinajstić information content (AvgIpc) is 2.78. The zero-order chi connectivity index (χ0) is 11.8. The number of esters is 1. The van der Waals surface area contributed by atoms with E-state index in [0.29, 0.717) is 32.2 Å². The fourth-order valence-electron chi connectivity index (χ4n) is 2.34. The molecular weight excluding hydrogens is 206 g/mol. The molecule has 0 radical (unpaired) electrons. The lowest BCUT2D eigenvalue weighted by Gasteiger charge is -2.27. The number of aliphatic hydroxyl groups is 1. The van der Waals surface area contributed by atoms with Crippen LogP contribution in [-0.4, -0.2) is 48.3 Å². The molecule has 4 heteroatoms. The number of carbonyl (C=O) groups is 1. The summed E-state index contributed by atoms with van der Waals surface area (Å²) in [6.07, 6.45) is 5.37. The van der Waals surface area contributed by atoms with Crippen LogP contribution in [0, 0.1) is 0 Å². The third-order valence-electron chi connectivity index (χ3n) is 3.14. The molecule has 0 aromatic heterocycles. The molecule has 1 saturated carbocycles. The topological polar surface area (TPSA) is 49.8 Å². The standard InChI is InChI=1S/C12H23NO3/c1-2-16-12(15)7-8-13(9-10-14)11-5-3-4-6-11/h11,14H,2-10H2,1H3. The smallest absolute Gasteiger partial charge is 0.307 e. The molecule has 0 heterocycles. The fourth-order valence-corrected chi connectivity index (χ4v) is 2.34. The predicted octanol–water partition coefficient (Wildman–Crippen LogP) is 1.18. The molecule has 1 fully saturated rings. The molecule has 1 aliphatic carbocycles. The third kappa shape index (κ3) is 4.49. The number of hydrogen-bond donors (Lipinski definition) is 1. The van der Waals surface area contributed by atoms with Crippen molar-refractivity contribution in [2.24, 2.45) is 0 Å². The van der Waals surface area contributed by atoms with E-state index in [1.165, 1.54) is 25.7 Å². The predicted molar refractivity (Wildman–Crippen MR) is 62.2 cm³/mol. The van der Waals surface area contributed by atoms with Crippen LogP contribution < -0.4 is 0 Å². The summed E-state index contributed by atoms with van der Waals surface area (Å²) in [6.45, 7) is 3.82. The Hall–Kier alpha value is -0.610. The maximum atomic E-state index is 11.3. The van der Waals surface area contributed by atoms with Gasteiger partial charge in [0.2, 0.25) is 0 Å². The van der Waals surface area contributed by atoms with Crippen molar-refractivity contribution in [1.29, 1.82) is 0 Å². The van der Waals surface area contributed by atoms with Gasteiger partial charge in [-0.3, -0.25) is 9.69 Å². The summed E-state index contributed by atoms with van der Waals surface area (Å²) < 4.78 is 4.90. The van der Waals surface area contributed by atoms with Crippen LogP contribution in [0.1, 0.15) is 39.0 Å². The molecule has 1 N–H and O–H groups in total. The first-order valence-corrected chi connectivity index (χ1v) is 6.28. The second-order valence-electron chi connectivity index (χ2n) is 4.25. The Morgan fingerprint density at radius 2 is 2.06 bits per heavy atom. The van der Waals surface area contributed by atoms with E-state index in [9.17, 15) is 4.79 Å². The van der Waals surface area contributed by atoms with Crippen LogP contribution in [0.15, 0.2) is 0 Å². The van der Waals surface area contributed by atoms with E-state index in [1.54, 1.807) is 0 Å². The van der Waals surface area contributed by atoms with Crippen LogP contribution in [-0.2, 0) is 9.53 Å². The molecule has 0 unspecified atom stereocenters. The lowest BCUT2D eigenvalue weighted by atomic mass is 10.2. The first-order chi connectivity index (χ1) is 7.77. The molecule has 4 nitrogen and oxygen atoms in total. The van der Waals surface area contributed by atoms with E-state index in [4.69, 9.17) is 9.84 Å². The second kappa shape index (κ2) is 7.63. The minimum Gasteiger partial charge on any atom is -0.466 e. The van der Waals surface area contributed by atoms with Gasteiger partial charge in [0.25, 0.3) is 0 Å².